The fraction of sp³-hybridized carbons (Fsp3) is 0.0909. The van der Waals surface area contributed by atoms with E-state index < -0.39 is 0 Å². The number of imidazole rings is 1. The first-order chi connectivity index (χ1) is 7.79. The highest BCUT2D eigenvalue weighted by molar-refractivity contribution is 14.1. The fourth-order valence-electron chi connectivity index (χ4n) is 1.25. The standard InChI is InChI=1S/C11H9IN2O2/c12-9-2-1-8(6-15)10(5-9)16-7-11-13-3-4-14-11/h1-6H,7H2,(H,13,14). The maximum atomic E-state index is 10.8. The molecule has 5 heteroatoms. The fourth-order valence-corrected chi connectivity index (χ4v) is 1.72. The maximum Gasteiger partial charge on any atom is 0.153 e. The smallest absolute Gasteiger partial charge is 0.153 e. The Morgan fingerprint density at radius 2 is 2.38 bits per heavy atom. The van der Waals surface area contributed by atoms with Gasteiger partial charge in [-0.15, -0.1) is 0 Å². The van der Waals surface area contributed by atoms with E-state index in [1.165, 1.54) is 0 Å². The molecule has 16 heavy (non-hydrogen) atoms. The lowest BCUT2D eigenvalue weighted by Gasteiger charge is -2.07. The van der Waals surface area contributed by atoms with E-state index in [9.17, 15) is 4.79 Å². The third kappa shape index (κ3) is 2.60. The van der Waals surface area contributed by atoms with Gasteiger partial charge < -0.3 is 9.72 Å². The zero-order chi connectivity index (χ0) is 11.4. The summed E-state index contributed by atoms with van der Waals surface area (Å²) in [5, 5.41) is 0. The first-order valence-electron chi connectivity index (χ1n) is 4.65. The molecule has 0 aliphatic carbocycles. The van der Waals surface area contributed by atoms with Crippen LogP contribution in [0.15, 0.2) is 30.6 Å². The zero-order valence-electron chi connectivity index (χ0n) is 8.31. The van der Waals surface area contributed by atoms with Gasteiger partial charge >= 0.3 is 0 Å². The number of benzene rings is 1. The first kappa shape index (κ1) is 11.1. The van der Waals surface area contributed by atoms with Gasteiger partial charge in [-0.3, -0.25) is 4.79 Å². The molecule has 82 valence electrons. The summed E-state index contributed by atoms with van der Waals surface area (Å²) in [6.07, 6.45) is 4.18. The van der Waals surface area contributed by atoms with Crippen LogP contribution in [0.2, 0.25) is 0 Å². The number of ether oxygens (including phenoxy) is 1. The summed E-state index contributed by atoms with van der Waals surface area (Å²) in [7, 11) is 0. The van der Waals surface area contributed by atoms with Gasteiger partial charge in [-0.05, 0) is 40.8 Å². The van der Waals surface area contributed by atoms with Crippen molar-refractivity contribution in [3.63, 3.8) is 0 Å². The van der Waals surface area contributed by atoms with Gasteiger partial charge in [0.25, 0.3) is 0 Å². The predicted molar refractivity (Wildman–Crippen MR) is 67.5 cm³/mol. The van der Waals surface area contributed by atoms with E-state index in [0.29, 0.717) is 17.9 Å². The summed E-state index contributed by atoms with van der Waals surface area (Å²) < 4.78 is 6.55. The summed E-state index contributed by atoms with van der Waals surface area (Å²) in [4.78, 5) is 17.8. The summed E-state index contributed by atoms with van der Waals surface area (Å²) in [5.74, 6) is 1.31. The van der Waals surface area contributed by atoms with Gasteiger partial charge in [0.15, 0.2) is 6.29 Å². The normalized spacial score (nSPS) is 10.1. The van der Waals surface area contributed by atoms with Crippen LogP contribution in [0.5, 0.6) is 5.75 Å². The van der Waals surface area contributed by atoms with E-state index in [0.717, 1.165) is 15.7 Å². The Hall–Kier alpha value is -1.37. The van der Waals surface area contributed by atoms with E-state index in [1.54, 1.807) is 18.5 Å². The number of carbonyl (C=O) groups excluding carboxylic acids is 1. The minimum atomic E-state index is 0.327. The van der Waals surface area contributed by atoms with E-state index >= 15 is 0 Å². The number of carbonyl (C=O) groups is 1. The number of aromatic amines is 1. The highest BCUT2D eigenvalue weighted by Crippen LogP contribution is 2.20. The molecule has 0 saturated carbocycles. The predicted octanol–water partition coefficient (Wildman–Crippen LogP) is 2.41. The van der Waals surface area contributed by atoms with Gasteiger partial charge in [0.05, 0.1) is 5.56 Å². The Bertz CT molecular complexity index is 483. The zero-order valence-corrected chi connectivity index (χ0v) is 10.5. The van der Waals surface area contributed by atoms with Crippen LogP contribution in [0, 0.1) is 3.57 Å². The Kier molecular flexibility index (Phi) is 3.55. The number of aromatic nitrogens is 2. The lowest BCUT2D eigenvalue weighted by atomic mass is 10.2. The highest BCUT2D eigenvalue weighted by atomic mass is 127. The van der Waals surface area contributed by atoms with Crippen LogP contribution in [0.3, 0.4) is 0 Å². The van der Waals surface area contributed by atoms with Crippen LogP contribution in [0.4, 0.5) is 0 Å². The Morgan fingerprint density at radius 1 is 1.50 bits per heavy atom. The highest BCUT2D eigenvalue weighted by Gasteiger charge is 2.04. The molecule has 1 heterocycles. The van der Waals surface area contributed by atoms with Gasteiger partial charge in [0.1, 0.15) is 18.2 Å². The Labute approximate surface area is 106 Å². The van der Waals surface area contributed by atoms with Crippen LogP contribution in [0.25, 0.3) is 0 Å². The van der Waals surface area contributed by atoms with Crippen LogP contribution >= 0.6 is 22.6 Å². The molecular formula is C11H9IN2O2. The lowest BCUT2D eigenvalue weighted by Crippen LogP contribution is -2.00. The van der Waals surface area contributed by atoms with E-state index in [1.807, 2.05) is 12.1 Å². The second kappa shape index (κ2) is 5.11. The van der Waals surface area contributed by atoms with Crippen LogP contribution in [-0.4, -0.2) is 16.3 Å². The molecule has 0 aliphatic rings. The molecule has 1 aromatic heterocycles. The minimum Gasteiger partial charge on any atom is -0.485 e. The van der Waals surface area contributed by atoms with Gasteiger partial charge in [-0.25, -0.2) is 4.98 Å². The lowest BCUT2D eigenvalue weighted by molar-refractivity contribution is 0.111. The van der Waals surface area contributed by atoms with Crippen molar-refractivity contribution in [1.29, 1.82) is 0 Å². The molecule has 0 fully saturated rings. The van der Waals surface area contributed by atoms with Gasteiger partial charge in [-0.1, -0.05) is 0 Å². The van der Waals surface area contributed by atoms with E-state index in [-0.39, 0.29) is 0 Å². The molecule has 2 rings (SSSR count). The molecule has 0 spiro atoms. The third-order valence-electron chi connectivity index (χ3n) is 2.02. The number of halogens is 1. The van der Waals surface area contributed by atoms with E-state index in [4.69, 9.17) is 4.74 Å². The Morgan fingerprint density at radius 3 is 3.06 bits per heavy atom. The van der Waals surface area contributed by atoms with Crippen molar-refractivity contribution in [2.24, 2.45) is 0 Å². The summed E-state index contributed by atoms with van der Waals surface area (Å²) in [6, 6.07) is 5.43. The van der Waals surface area contributed by atoms with Crippen LogP contribution in [0.1, 0.15) is 16.2 Å². The Balaban J connectivity index is 2.14. The van der Waals surface area contributed by atoms with Gasteiger partial charge in [0, 0.05) is 16.0 Å². The van der Waals surface area contributed by atoms with Gasteiger partial charge in [0.2, 0.25) is 0 Å². The number of nitrogens with zero attached hydrogens (tertiary/aromatic N) is 1. The minimum absolute atomic E-state index is 0.327. The molecule has 0 bridgehead atoms. The number of H-pyrrole nitrogens is 1. The average molecular weight is 328 g/mol. The number of nitrogens with one attached hydrogen (secondary N) is 1. The van der Waals surface area contributed by atoms with Crippen molar-refractivity contribution in [3.05, 3.63) is 45.6 Å². The third-order valence-corrected chi connectivity index (χ3v) is 2.69. The number of aldehydes is 1. The molecule has 1 N–H and O–H groups in total. The quantitative estimate of drug-likeness (QED) is 0.693. The number of hydrogen-bond acceptors (Lipinski definition) is 3. The average Bonchev–Trinajstić information content (AvgIpc) is 2.79. The molecule has 2 aromatic rings. The largest absolute Gasteiger partial charge is 0.485 e. The summed E-state index contributed by atoms with van der Waals surface area (Å²) in [5.41, 5.74) is 0.548. The summed E-state index contributed by atoms with van der Waals surface area (Å²) in [6.45, 7) is 0.327. The molecule has 0 atom stereocenters. The molecule has 0 amide bonds. The topological polar surface area (TPSA) is 55.0 Å². The monoisotopic (exact) mass is 328 g/mol. The molecular weight excluding hydrogens is 319 g/mol. The molecule has 0 saturated heterocycles. The molecule has 0 aliphatic heterocycles. The van der Waals surface area contributed by atoms with Crippen molar-refractivity contribution in [2.45, 2.75) is 6.61 Å². The SMILES string of the molecule is O=Cc1ccc(I)cc1OCc1ncc[nH]1. The number of hydrogen-bond donors (Lipinski definition) is 1. The first-order valence-corrected chi connectivity index (χ1v) is 5.73. The molecule has 0 unspecified atom stereocenters. The molecule has 0 radical (unpaired) electrons. The van der Waals surface area contributed by atoms with Gasteiger partial charge in [-0.2, -0.15) is 0 Å². The van der Waals surface area contributed by atoms with Crippen molar-refractivity contribution in [2.75, 3.05) is 0 Å². The summed E-state index contributed by atoms with van der Waals surface area (Å²) >= 11 is 2.17. The molecule has 4 nitrogen and oxygen atoms in total. The van der Waals surface area contributed by atoms with Crippen molar-refractivity contribution >= 4 is 28.9 Å². The maximum absolute atomic E-state index is 10.8. The van der Waals surface area contributed by atoms with Crippen molar-refractivity contribution in [1.82, 2.24) is 9.97 Å². The number of rotatable bonds is 4. The second-order valence-corrected chi connectivity index (χ2v) is 4.37. The van der Waals surface area contributed by atoms with E-state index in [2.05, 4.69) is 32.6 Å². The second-order valence-electron chi connectivity index (χ2n) is 3.12. The van der Waals surface area contributed by atoms with Crippen molar-refractivity contribution < 1.29 is 9.53 Å². The van der Waals surface area contributed by atoms with Crippen LogP contribution in [-0.2, 0) is 6.61 Å². The van der Waals surface area contributed by atoms with Crippen molar-refractivity contribution in [3.8, 4) is 5.75 Å². The molecule has 1 aromatic carbocycles. The van der Waals surface area contributed by atoms with Crippen LogP contribution < -0.4 is 4.74 Å².